The van der Waals surface area contributed by atoms with Crippen molar-refractivity contribution in [2.75, 3.05) is 50.1 Å². The standard InChI is InChI=1S/C18H13NO3.C10H13ClN2.2C8H6Cl2O3/c20-17(14-9-3-4-10-15(14)18(21)22)19-16-11-5-7-12-6-1-2-8-13(12)16;11-9-2-1-3-10(8-9)13-6-4-12-5-7-13;1-13-7-5(10)3-2-4(9)6(7)8(11)12;9-5-1-2-7(6(10)3-5)13-4-8(11)12/h1-11H,(H,19,20)(H,21,22);1-3,8,12H,4-7H2;2-3H,1H3,(H,11,12);1-3H,4H2,(H,11,12). The Bertz CT molecular complexity index is 2480. The van der Waals surface area contributed by atoms with Crippen LogP contribution in [0.2, 0.25) is 25.1 Å². The summed E-state index contributed by atoms with van der Waals surface area (Å²) < 4.78 is 9.68. The summed E-state index contributed by atoms with van der Waals surface area (Å²) in [5.74, 6) is -3.37. The number of carbonyl (C=O) groups excluding carboxylic acids is 1. The highest BCUT2D eigenvalue weighted by Gasteiger charge is 2.19. The van der Waals surface area contributed by atoms with Crippen LogP contribution in [0.4, 0.5) is 11.4 Å². The lowest BCUT2D eigenvalue weighted by molar-refractivity contribution is -0.139. The first-order valence-corrected chi connectivity index (χ1v) is 20.0. The number of hydrogen-bond acceptors (Lipinski definition) is 8. The van der Waals surface area contributed by atoms with Crippen molar-refractivity contribution in [1.29, 1.82) is 0 Å². The van der Waals surface area contributed by atoms with Crippen molar-refractivity contribution in [2.24, 2.45) is 0 Å². The van der Waals surface area contributed by atoms with E-state index >= 15 is 0 Å². The predicted octanol–water partition coefficient (Wildman–Crippen LogP) is 10.7. The van der Waals surface area contributed by atoms with Gasteiger partial charge in [0.1, 0.15) is 11.3 Å². The first-order chi connectivity index (χ1) is 29.2. The molecule has 12 nitrogen and oxygen atoms in total. The van der Waals surface area contributed by atoms with Crippen molar-refractivity contribution in [3.05, 3.63) is 163 Å². The molecule has 0 saturated carbocycles. The number of carbonyl (C=O) groups is 4. The van der Waals surface area contributed by atoms with Crippen LogP contribution >= 0.6 is 58.0 Å². The van der Waals surface area contributed by atoms with E-state index in [0.717, 1.165) is 42.0 Å². The van der Waals surface area contributed by atoms with Crippen LogP contribution in [0.1, 0.15) is 31.1 Å². The summed E-state index contributed by atoms with van der Waals surface area (Å²) in [6.45, 7) is 3.85. The van der Waals surface area contributed by atoms with Gasteiger partial charge in [0.25, 0.3) is 5.91 Å². The van der Waals surface area contributed by atoms with Crippen LogP contribution in [0, 0.1) is 0 Å². The number of halogens is 5. The van der Waals surface area contributed by atoms with E-state index in [1.54, 1.807) is 24.3 Å². The Morgan fingerprint density at radius 3 is 1.92 bits per heavy atom. The average Bonchev–Trinajstić information content (AvgIpc) is 3.25. The van der Waals surface area contributed by atoms with E-state index in [-0.39, 0.29) is 32.5 Å². The molecule has 0 spiro atoms. The highest BCUT2D eigenvalue weighted by molar-refractivity contribution is 6.37. The molecule has 1 saturated heterocycles. The minimum absolute atomic E-state index is 0.0137. The van der Waals surface area contributed by atoms with Crippen LogP contribution in [0.5, 0.6) is 11.5 Å². The maximum absolute atomic E-state index is 12.4. The molecule has 6 aromatic carbocycles. The van der Waals surface area contributed by atoms with Gasteiger partial charge in [-0.3, -0.25) is 4.79 Å². The van der Waals surface area contributed by atoms with Crippen LogP contribution in [0.15, 0.2) is 121 Å². The Balaban J connectivity index is 0.000000185. The lowest BCUT2D eigenvalue weighted by Gasteiger charge is -2.29. The third-order valence-corrected chi connectivity index (χ3v) is 9.83. The Morgan fingerprint density at radius 1 is 0.672 bits per heavy atom. The van der Waals surface area contributed by atoms with Gasteiger partial charge in [-0.15, -0.1) is 0 Å². The number of amides is 1. The van der Waals surface area contributed by atoms with Crippen molar-refractivity contribution in [3.63, 3.8) is 0 Å². The second-order valence-electron chi connectivity index (χ2n) is 12.5. The van der Waals surface area contributed by atoms with E-state index in [1.807, 2.05) is 54.6 Å². The Labute approximate surface area is 376 Å². The van der Waals surface area contributed by atoms with Gasteiger partial charge in [0.2, 0.25) is 0 Å². The highest BCUT2D eigenvalue weighted by atomic mass is 35.5. The number of nitrogens with one attached hydrogen (secondary N) is 2. The van der Waals surface area contributed by atoms with Crippen LogP contribution in [-0.4, -0.2) is 79.0 Å². The lowest BCUT2D eigenvalue weighted by Crippen LogP contribution is -2.43. The maximum atomic E-state index is 12.4. The number of rotatable bonds is 9. The first kappa shape index (κ1) is 47.9. The molecule has 17 heteroatoms. The zero-order valence-electron chi connectivity index (χ0n) is 32.2. The highest BCUT2D eigenvalue weighted by Crippen LogP contribution is 2.33. The van der Waals surface area contributed by atoms with Gasteiger partial charge in [-0.1, -0.05) is 113 Å². The number of aromatic carboxylic acids is 2. The molecule has 5 N–H and O–H groups in total. The number of aliphatic carboxylic acids is 1. The average molecular weight is 930 g/mol. The van der Waals surface area contributed by atoms with Gasteiger partial charge in [-0.25, -0.2) is 14.4 Å². The first-order valence-electron chi connectivity index (χ1n) is 18.1. The summed E-state index contributed by atoms with van der Waals surface area (Å²) in [5, 5.41) is 36.2. The number of piperazine rings is 1. The fourth-order valence-electron chi connectivity index (χ4n) is 5.65. The quantitative estimate of drug-likeness (QED) is 0.0933. The number of ether oxygens (including phenoxy) is 2. The molecule has 0 aliphatic carbocycles. The fourth-order valence-corrected chi connectivity index (χ4v) is 6.76. The fraction of sp³-hybridized carbons (Fsp3) is 0.136. The zero-order chi connectivity index (χ0) is 44.5. The molecule has 7 rings (SSSR count). The number of carboxylic acids is 3. The Kier molecular flexibility index (Phi) is 18.8. The SMILES string of the molecule is COc1c(Cl)ccc(Cl)c1C(=O)O.Clc1cccc(N2CCNCC2)c1.O=C(O)COc1ccc(Cl)cc1Cl.O=C(O)c1ccccc1C(=O)Nc1cccc2ccccc12. The lowest BCUT2D eigenvalue weighted by atomic mass is 10.1. The van der Waals surface area contributed by atoms with Crippen molar-refractivity contribution in [3.8, 4) is 11.5 Å². The minimum Gasteiger partial charge on any atom is -0.494 e. The molecular formula is C44H38Cl5N3O9. The van der Waals surface area contributed by atoms with E-state index in [4.69, 9.17) is 77.7 Å². The molecule has 6 aromatic rings. The van der Waals surface area contributed by atoms with E-state index in [0.29, 0.717) is 21.5 Å². The summed E-state index contributed by atoms with van der Waals surface area (Å²) in [4.78, 5) is 46.9. The van der Waals surface area contributed by atoms with Crippen molar-refractivity contribution in [1.82, 2.24) is 5.32 Å². The van der Waals surface area contributed by atoms with Crippen LogP contribution in [-0.2, 0) is 4.79 Å². The van der Waals surface area contributed by atoms with Gasteiger partial charge in [-0.2, -0.15) is 0 Å². The normalized spacial score (nSPS) is 11.6. The molecule has 0 atom stereocenters. The summed E-state index contributed by atoms with van der Waals surface area (Å²) in [5.41, 5.74) is 1.90. The van der Waals surface area contributed by atoms with Crippen molar-refractivity contribution >= 4 is 104 Å². The number of hydrogen-bond donors (Lipinski definition) is 5. The molecule has 0 bridgehead atoms. The summed E-state index contributed by atoms with van der Waals surface area (Å²) >= 11 is 28.6. The molecule has 1 heterocycles. The minimum atomic E-state index is -1.16. The maximum Gasteiger partial charge on any atom is 0.341 e. The molecule has 318 valence electrons. The largest absolute Gasteiger partial charge is 0.494 e. The summed E-state index contributed by atoms with van der Waals surface area (Å²) in [7, 11) is 1.34. The zero-order valence-corrected chi connectivity index (χ0v) is 36.0. The molecule has 0 radical (unpaired) electrons. The van der Waals surface area contributed by atoms with Gasteiger partial charge in [0, 0.05) is 53.0 Å². The number of methoxy groups -OCH3 is 1. The smallest absolute Gasteiger partial charge is 0.341 e. The molecule has 0 unspecified atom stereocenters. The van der Waals surface area contributed by atoms with Gasteiger partial charge in [-0.05, 0) is 72.1 Å². The number of benzene rings is 6. The molecule has 0 aromatic heterocycles. The Hall–Kier alpha value is -5.73. The van der Waals surface area contributed by atoms with Crippen LogP contribution < -0.4 is 25.0 Å². The molecule has 1 fully saturated rings. The van der Waals surface area contributed by atoms with Gasteiger partial charge >= 0.3 is 17.9 Å². The topological polar surface area (TPSA) is 175 Å². The predicted molar refractivity (Wildman–Crippen MR) is 241 cm³/mol. The third kappa shape index (κ3) is 14.5. The van der Waals surface area contributed by atoms with Gasteiger partial charge in [0.15, 0.2) is 12.4 Å². The van der Waals surface area contributed by atoms with Crippen LogP contribution in [0.3, 0.4) is 0 Å². The molecule has 1 amide bonds. The number of anilines is 2. The molecular weight excluding hydrogens is 892 g/mol. The molecule has 1 aliphatic heterocycles. The van der Waals surface area contributed by atoms with Gasteiger partial charge in [0.05, 0.1) is 33.3 Å². The van der Waals surface area contributed by atoms with Crippen molar-refractivity contribution < 1.29 is 44.0 Å². The third-order valence-electron chi connectivity index (χ3n) is 8.45. The van der Waals surface area contributed by atoms with E-state index in [9.17, 15) is 24.3 Å². The second kappa shape index (κ2) is 23.9. The monoisotopic (exact) mass is 927 g/mol. The molecule has 1 aliphatic rings. The molecule has 61 heavy (non-hydrogen) atoms. The van der Waals surface area contributed by atoms with E-state index < -0.39 is 30.4 Å². The Morgan fingerprint density at radius 2 is 1.30 bits per heavy atom. The van der Waals surface area contributed by atoms with Crippen molar-refractivity contribution in [2.45, 2.75) is 0 Å². The summed E-state index contributed by atoms with van der Waals surface area (Å²) in [6.07, 6.45) is 0. The van der Waals surface area contributed by atoms with E-state index in [1.165, 1.54) is 49.2 Å². The van der Waals surface area contributed by atoms with Gasteiger partial charge < -0.3 is 40.3 Å². The van der Waals surface area contributed by atoms with E-state index in [2.05, 4.69) is 21.6 Å². The number of fused-ring (bicyclic) bond motifs is 1. The van der Waals surface area contributed by atoms with Crippen LogP contribution in [0.25, 0.3) is 10.8 Å². The number of carboxylic acid groups (broad SMARTS) is 3. The summed E-state index contributed by atoms with van der Waals surface area (Å²) in [6, 6.07) is 35.0. The second-order valence-corrected chi connectivity index (χ2v) is 14.6. The number of nitrogens with zero attached hydrogens (tertiary/aromatic N) is 1.